The summed E-state index contributed by atoms with van der Waals surface area (Å²) in [5, 5.41) is 4.18. The first-order valence-corrected chi connectivity index (χ1v) is 7.00. The van der Waals surface area contributed by atoms with Crippen LogP contribution in [0.1, 0.15) is 24.8 Å². The molecule has 1 aromatic rings. The topological polar surface area (TPSA) is 55.1 Å². The van der Waals surface area contributed by atoms with Crippen molar-refractivity contribution in [3.63, 3.8) is 0 Å². The number of carbonyl (C=O) groups is 1. The number of nitrogens with two attached hydrogens (primary N) is 1. The Labute approximate surface area is 117 Å². The molecule has 1 heterocycles. The minimum Gasteiger partial charge on any atom is -0.380 e. The number of benzene rings is 1. The predicted molar refractivity (Wildman–Crippen MR) is 77.9 cm³/mol. The zero-order chi connectivity index (χ0) is 13.6. The second-order valence-electron chi connectivity index (χ2n) is 5.43. The molecule has 0 saturated heterocycles. The number of anilines is 1. The van der Waals surface area contributed by atoms with Crippen molar-refractivity contribution in [2.45, 2.75) is 25.3 Å². The van der Waals surface area contributed by atoms with Gasteiger partial charge >= 0.3 is 0 Å². The first-order valence-electron chi connectivity index (χ1n) is 6.62. The molecular weight excluding hydrogens is 260 g/mol. The van der Waals surface area contributed by atoms with Gasteiger partial charge in [-0.05, 0) is 36.6 Å². The first kappa shape index (κ1) is 12.5. The van der Waals surface area contributed by atoms with Crippen molar-refractivity contribution < 1.29 is 4.79 Å². The third-order valence-corrected chi connectivity index (χ3v) is 4.60. The summed E-state index contributed by atoms with van der Waals surface area (Å²) < 4.78 is 0. The zero-order valence-electron chi connectivity index (χ0n) is 10.7. The quantitative estimate of drug-likeness (QED) is 0.828. The van der Waals surface area contributed by atoms with E-state index in [-0.39, 0.29) is 23.8 Å². The second-order valence-corrected chi connectivity index (χ2v) is 5.87. The van der Waals surface area contributed by atoms with E-state index in [9.17, 15) is 4.79 Å². The van der Waals surface area contributed by atoms with Gasteiger partial charge < -0.3 is 11.1 Å². The molecule has 3 nitrogen and oxygen atoms in total. The van der Waals surface area contributed by atoms with Crippen LogP contribution < -0.4 is 11.1 Å². The largest absolute Gasteiger partial charge is 0.380 e. The lowest BCUT2D eigenvalue weighted by atomic mass is 9.70. The van der Waals surface area contributed by atoms with Gasteiger partial charge in [-0.2, -0.15) is 0 Å². The number of nitrogens with one attached hydrogen (secondary N) is 1. The van der Waals surface area contributed by atoms with Crippen molar-refractivity contribution >= 4 is 28.8 Å². The Hall–Kier alpha value is -1.48. The van der Waals surface area contributed by atoms with Crippen LogP contribution in [0.4, 0.5) is 5.69 Å². The van der Waals surface area contributed by atoms with Gasteiger partial charge in [0.1, 0.15) is 0 Å². The Morgan fingerprint density at radius 2 is 2.21 bits per heavy atom. The van der Waals surface area contributed by atoms with E-state index in [4.69, 9.17) is 17.3 Å². The molecule has 0 unspecified atom stereocenters. The fourth-order valence-electron chi connectivity index (χ4n) is 3.40. The Morgan fingerprint density at radius 1 is 1.42 bits per heavy atom. The van der Waals surface area contributed by atoms with E-state index in [0.717, 1.165) is 36.1 Å². The van der Waals surface area contributed by atoms with E-state index in [1.165, 1.54) is 0 Å². The summed E-state index contributed by atoms with van der Waals surface area (Å²) in [6.45, 7) is 4.22. The maximum absolute atomic E-state index is 11.6. The normalized spacial score (nSPS) is 29.1. The minimum absolute atomic E-state index is 0.0763. The molecule has 1 fully saturated rings. The molecule has 2 aliphatic rings. The summed E-state index contributed by atoms with van der Waals surface area (Å²) in [5.41, 5.74) is 8.68. The molecule has 0 bridgehead atoms. The van der Waals surface area contributed by atoms with Crippen molar-refractivity contribution in [2.24, 2.45) is 17.6 Å². The van der Waals surface area contributed by atoms with Gasteiger partial charge in [0.25, 0.3) is 0 Å². The highest BCUT2D eigenvalue weighted by atomic mass is 35.5. The number of hydrogen-bond acceptors (Lipinski definition) is 2. The maximum Gasteiger partial charge on any atom is 0.222 e. The number of fused-ring (bicyclic) bond motifs is 2. The molecule has 3 atom stereocenters. The first-order chi connectivity index (χ1) is 9.08. The summed E-state index contributed by atoms with van der Waals surface area (Å²) in [4.78, 5) is 11.6. The average molecular weight is 277 g/mol. The Bertz CT molecular complexity index is 555. The average Bonchev–Trinajstić information content (AvgIpc) is 2.39. The van der Waals surface area contributed by atoms with Crippen LogP contribution in [0.5, 0.6) is 0 Å². The van der Waals surface area contributed by atoms with Gasteiger partial charge in [-0.1, -0.05) is 24.6 Å². The minimum atomic E-state index is -0.215. The number of halogens is 1. The van der Waals surface area contributed by atoms with Crippen LogP contribution in [-0.4, -0.2) is 11.9 Å². The summed E-state index contributed by atoms with van der Waals surface area (Å²) in [6, 6.07) is 5.82. The Kier molecular flexibility index (Phi) is 3.02. The number of rotatable bonds is 1. The number of hydrogen-bond donors (Lipinski definition) is 2. The molecule has 19 heavy (non-hydrogen) atoms. The van der Waals surface area contributed by atoms with Gasteiger partial charge in [-0.3, -0.25) is 4.79 Å². The van der Waals surface area contributed by atoms with E-state index in [1.54, 1.807) is 0 Å². The fraction of sp³-hybridized carbons (Fsp3) is 0.400. The molecule has 1 aromatic carbocycles. The van der Waals surface area contributed by atoms with Crippen LogP contribution in [-0.2, 0) is 4.79 Å². The highest BCUT2D eigenvalue weighted by molar-refractivity contribution is 6.30. The number of carbonyl (C=O) groups excluding carboxylic acids is 1. The van der Waals surface area contributed by atoms with Gasteiger partial charge in [0.2, 0.25) is 5.91 Å². The maximum atomic E-state index is 11.6. The molecule has 100 valence electrons. The van der Waals surface area contributed by atoms with Crippen LogP contribution >= 0.6 is 11.6 Å². The molecule has 4 heteroatoms. The van der Waals surface area contributed by atoms with Gasteiger partial charge in [0.05, 0.1) is 5.92 Å². The zero-order valence-corrected chi connectivity index (χ0v) is 11.4. The molecule has 1 aliphatic carbocycles. The highest BCUT2D eigenvalue weighted by Gasteiger charge is 2.41. The molecule has 1 aliphatic heterocycles. The monoisotopic (exact) mass is 276 g/mol. The van der Waals surface area contributed by atoms with Crippen LogP contribution in [0.3, 0.4) is 0 Å². The summed E-state index contributed by atoms with van der Waals surface area (Å²) >= 11 is 6.05. The van der Waals surface area contributed by atoms with Crippen molar-refractivity contribution in [3.05, 3.63) is 35.4 Å². The molecule has 0 spiro atoms. The third kappa shape index (κ3) is 2.02. The second kappa shape index (κ2) is 4.57. The lowest BCUT2D eigenvalue weighted by molar-refractivity contribution is -0.123. The van der Waals surface area contributed by atoms with E-state index in [0.29, 0.717) is 5.02 Å². The molecule has 1 saturated carbocycles. The Balaban J connectivity index is 2.02. The van der Waals surface area contributed by atoms with Crippen LogP contribution in [0.2, 0.25) is 5.02 Å². The smallest absolute Gasteiger partial charge is 0.222 e. The third-order valence-electron chi connectivity index (χ3n) is 4.36. The van der Waals surface area contributed by atoms with Crippen LogP contribution in [0.15, 0.2) is 24.8 Å². The summed E-state index contributed by atoms with van der Waals surface area (Å²) in [7, 11) is 0. The lowest BCUT2D eigenvalue weighted by Gasteiger charge is -2.43. The predicted octanol–water partition coefficient (Wildman–Crippen LogP) is 3.05. The van der Waals surface area contributed by atoms with E-state index < -0.39 is 0 Å². The summed E-state index contributed by atoms with van der Waals surface area (Å²) in [5.74, 6) is -0.0519. The lowest BCUT2D eigenvalue weighted by Crippen LogP contribution is -2.47. The van der Waals surface area contributed by atoms with Gasteiger partial charge in [0.15, 0.2) is 0 Å². The van der Waals surface area contributed by atoms with E-state index >= 15 is 0 Å². The van der Waals surface area contributed by atoms with E-state index in [1.807, 2.05) is 18.2 Å². The standard InChI is InChI=1S/C15H17ClN2O/c1-8-10-3-2-4-11(15(17)19)14(10)18-13-6-5-9(16)7-12(8)13/h5-7,10-11,14,18H,1-4H2,(H2,17,19)/t10-,11-,14+/m1/s1. The van der Waals surface area contributed by atoms with Crippen LogP contribution in [0, 0.1) is 11.8 Å². The van der Waals surface area contributed by atoms with Crippen molar-refractivity contribution in [3.8, 4) is 0 Å². The molecule has 3 rings (SSSR count). The molecule has 3 N–H and O–H groups in total. The van der Waals surface area contributed by atoms with Crippen molar-refractivity contribution in [1.29, 1.82) is 0 Å². The molecule has 0 radical (unpaired) electrons. The van der Waals surface area contributed by atoms with Crippen molar-refractivity contribution in [1.82, 2.24) is 0 Å². The number of primary amides is 1. The molecule has 1 amide bonds. The molecular formula is C15H17ClN2O. The van der Waals surface area contributed by atoms with Crippen LogP contribution in [0.25, 0.3) is 5.57 Å². The van der Waals surface area contributed by atoms with Gasteiger partial charge in [-0.25, -0.2) is 0 Å². The SMILES string of the molecule is C=C1c2cc(Cl)ccc2N[C@H]2[C@@H]1CCC[C@H]2C(N)=O. The molecule has 0 aromatic heterocycles. The van der Waals surface area contributed by atoms with Gasteiger partial charge in [0, 0.05) is 28.2 Å². The highest BCUT2D eigenvalue weighted by Crippen LogP contribution is 2.45. The fourth-order valence-corrected chi connectivity index (χ4v) is 3.57. The van der Waals surface area contributed by atoms with E-state index in [2.05, 4.69) is 11.9 Å². The summed E-state index contributed by atoms with van der Waals surface area (Å²) in [6.07, 6.45) is 2.93. The Morgan fingerprint density at radius 3 is 2.95 bits per heavy atom. The van der Waals surface area contributed by atoms with Crippen molar-refractivity contribution in [2.75, 3.05) is 5.32 Å². The number of amides is 1. The van der Waals surface area contributed by atoms with Gasteiger partial charge in [-0.15, -0.1) is 0 Å².